The van der Waals surface area contributed by atoms with Gasteiger partial charge in [-0.05, 0) is 28.8 Å². The van der Waals surface area contributed by atoms with Crippen LogP contribution in [0, 0.1) is 0 Å². The largest absolute Gasteiger partial charge is 0.497 e. The number of nitrogens with one attached hydrogen (secondary N) is 1. The van der Waals surface area contributed by atoms with Crippen molar-refractivity contribution in [2.24, 2.45) is 0 Å². The highest BCUT2D eigenvalue weighted by Crippen LogP contribution is 2.41. The minimum Gasteiger partial charge on any atom is -0.497 e. The number of carbonyl (C=O) groups is 3. The van der Waals surface area contributed by atoms with Crippen LogP contribution in [0.5, 0.6) is 5.75 Å². The molecule has 0 spiro atoms. The molecule has 1 fully saturated rings. The number of β-lactam (4-membered cyclic amide) rings is 1. The topological polar surface area (TPSA) is 94.2 Å². The van der Waals surface area contributed by atoms with Gasteiger partial charge >= 0.3 is 12.1 Å². The molecule has 188 valence electrons. The van der Waals surface area contributed by atoms with Gasteiger partial charge in [0.2, 0.25) is 0 Å². The van der Waals surface area contributed by atoms with Gasteiger partial charge in [-0.15, -0.1) is 23.4 Å². The number of thioether (sulfide) groups is 1. The Hall–Kier alpha value is -3.43. The fourth-order valence-corrected chi connectivity index (χ4v) is 5.19. The summed E-state index contributed by atoms with van der Waals surface area (Å²) in [7, 11) is 1.57. The quantitative estimate of drug-likeness (QED) is 0.299. The van der Waals surface area contributed by atoms with E-state index in [1.54, 1.807) is 43.5 Å². The summed E-state index contributed by atoms with van der Waals surface area (Å²) >= 11 is 7.23. The predicted octanol–water partition coefficient (Wildman–Crippen LogP) is 4.00. The lowest BCUT2D eigenvalue weighted by Gasteiger charge is -2.49. The molecule has 0 saturated carbocycles. The summed E-state index contributed by atoms with van der Waals surface area (Å²) in [6.45, 7) is 0.122. The molecule has 1 N–H and O–H groups in total. The van der Waals surface area contributed by atoms with Crippen LogP contribution in [0.4, 0.5) is 4.79 Å². The zero-order valence-electron chi connectivity index (χ0n) is 19.5. The number of esters is 1. The van der Waals surface area contributed by atoms with Gasteiger partial charge in [-0.3, -0.25) is 9.69 Å². The van der Waals surface area contributed by atoms with E-state index in [9.17, 15) is 14.4 Å². The lowest BCUT2D eigenvalue weighted by atomic mass is 10.0. The lowest BCUT2D eigenvalue weighted by molar-refractivity contribution is -0.152. The first-order valence-corrected chi connectivity index (χ1v) is 12.8. The minimum absolute atomic E-state index is 0.0339. The van der Waals surface area contributed by atoms with Gasteiger partial charge in [-0.2, -0.15) is 0 Å². The molecule has 1 saturated heterocycles. The van der Waals surface area contributed by atoms with Crippen LogP contribution in [-0.2, 0) is 32.3 Å². The highest BCUT2D eigenvalue weighted by Gasteiger charge is 2.54. The van der Waals surface area contributed by atoms with Crippen molar-refractivity contribution < 1.29 is 28.6 Å². The summed E-state index contributed by atoms with van der Waals surface area (Å²) < 4.78 is 15.9. The first kappa shape index (κ1) is 25.7. The van der Waals surface area contributed by atoms with Crippen molar-refractivity contribution in [3.05, 3.63) is 89.1 Å². The number of benzene rings is 2. The Morgan fingerprint density at radius 1 is 1.08 bits per heavy atom. The van der Waals surface area contributed by atoms with Crippen LogP contribution in [0.1, 0.15) is 11.1 Å². The van der Waals surface area contributed by atoms with Gasteiger partial charge in [-0.25, -0.2) is 9.59 Å². The van der Waals surface area contributed by atoms with E-state index in [0.717, 1.165) is 11.1 Å². The summed E-state index contributed by atoms with van der Waals surface area (Å²) in [5.41, 5.74) is 2.41. The summed E-state index contributed by atoms with van der Waals surface area (Å²) in [6, 6.07) is 15.6. The average Bonchev–Trinajstić information content (AvgIpc) is 2.92. The third-order valence-electron chi connectivity index (χ3n) is 5.61. The Morgan fingerprint density at radius 2 is 1.78 bits per heavy atom. The molecule has 4 rings (SSSR count). The van der Waals surface area contributed by atoms with E-state index in [1.807, 2.05) is 30.3 Å². The molecule has 10 heteroatoms. The zero-order valence-corrected chi connectivity index (χ0v) is 21.1. The number of halogens is 1. The van der Waals surface area contributed by atoms with Crippen LogP contribution in [0.3, 0.4) is 0 Å². The van der Waals surface area contributed by atoms with Gasteiger partial charge in [0.05, 0.1) is 7.11 Å². The first-order chi connectivity index (χ1) is 17.5. The SMILES string of the molecule is COc1ccc(COC(=O)C2=C(/C=C/CCl)CS[C@H]3[C@H](NC(=O)OCc4ccccc4)C(=O)N23)cc1. The fraction of sp³-hybridized carbons (Fsp3) is 0.269. The fourth-order valence-electron chi connectivity index (χ4n) is 3.78. The van der Waals surface area contributed by atoms with Crippen molar-refractivity contribution in [1.29, 1.82) is 0 Å². The smallest absolute Gasteiger partial charge is 0.408 e. The van der Waals surface area contributed by atoms with Crippen molar-refractivity contribution >= 4 is 41.3 Å². The Morgan fingerprint density at radius 3 is 2.47 bits per heavy atom. The molecule has 36 heavy (non-hydrogen) atoms. The molecule has 0 radical (unpaired) electrons. The molecule has 2 aromatic carbocycles. The van der Waals surface area contributed by atoms with Crippen LogP contribution in [0.2, 0.25) is 0 Å². The van der Waals surface area contributed by atoms with E-state index >= 15 is 0 Å². The summed E-state index contributed by atoms with van der Waals surface area (Å²) in [5, 5.41) is 2.18. The number of carbonyl (C=O) groups excluding carboxylic acids is 3. The molecule has 0 aliphatic carbocycles. The molecule has 0 bridgehead atoms. The zero-order chi connectivity index (χ0) is 25.5. The number of alkyl halides is 1. The maximum absolute atomic E-state index is 13.1. The van der Waals surface area contributed by atoms with E-state index < -0.39 is 29.4 Å². The highest BCUT2D eigenvalue weighted by atomic mass is 35.5. The first-order valence-electron chi connectivity index (χ1n) is 11.2. The van der Waals surface area contributed by atoms with E-state index in [2.05, 4.69) is 5.32 Å². The normalized spacial score (nSPS) is 18.9. The molecule has 8 nitrogen and oxygen atoms in total. The maximum atomic E-state index is 13.1. The van der Waals surface area contributed by atoms with Gasteiger partial charge < -0.3 is 19.5 Å². The molecule has 2 aliphatic heterocycles. The molecule has 2 amide bonds. The Labute approximate surface area is 218 Å². The molecule has 2 aromatic rings. The van der Waals surface area contributed by atoms with Crippen molar-refractivity contribution in [2.75, 3.05) is 18.7 Å². The summed E-state index contributed by atoms with van der Waals surface area (Å²) in [6.07, 6.45) is 2.73. The second-order valence-electron chi connectivity index (χ2n) is 7.95. The van der Waals surface area contributed by atoms with Gasteiger partial charge in [-0.1, -0.05) is 54.6 Å². The summed E-state index contributed by atoms with van der Waals surface area (Å²) in [5.74, 6) is 0.379. The van der Waals surface area contributed by atoms with Gasteiger partial charge in [0, 0.05) is 11.6 Å². The van der Waals surface area contributed by atoms with Crippen LogP contribution >= 0.6 is 23.4 Å². The van der Waals surface area contributed by atoms with Crippen molar-refractivity contribution in [1.82, 2.24) is 10.2 Å². The van der Waals surface area contributed by atoms with Gasteiger partial charge in [0.25, 0.3) is 5.91 Å². The number of methoxy groups -OCH3 is 1. The third kappa shape index (κ3) is 5.85. The number of amides is 2. The number of rotatable bonds is 9. The second-order valence-corrected chi connectivity index (χ2v) is 9.36. The van der Waals surface area contributed by atoms with E-state index in [4.69, 9.17) is 25.8 Å². The molecular formula is C26H25ClN2O6S. The van der Waals surface area contributed by atoms with Crippen molar-refractivity contribution in [3.63, 3.8) is 0 Å². The number of allylic oxidation sites excluding steroid dienone is 2. The number of ether oxygens (including phenoxy) is 3. The van der Waals surface area contributed by atoms with Crippen LogP contribution < -0.4 is 10.1 Å². The van der Waals surface area contributed by atoms with E-state index in [-0.39, 0.29) is 24.8 Å². The Kier molecular flexibility index (Phi) is 8.56. The second kappa shape index (κ2) is 12.0. The Bertz CT molecular complexity index is 1170. The Balaban J connectivity index is 1.42. The lowest BCUT2D eigenvalue weighted by Crippen LogP contribution is -2.70. The van der Waals surface area contributed by atoms with Crippen molar-refractivity contribution in [2.45, 2.75) is 24.6 Å². The van der Waals surface area contributed by atoms with E-state index in [1.165, 1.54) is 16.7 Å². The number of nitrogens with zero attached hydrogens (tertiary/aromatic N) is 1. The number of hydrogen-bond acceptors (Lipinski definition) is 7. The van der Waals surface area contributed by atoms with Crippen LogP contribution in [0.15, 0.2) is 78.0 Å². The van der Waals surface area contributed by atoms with Gasteiger partial charge in [0.15, 0.2) is 0 Å². The molecule has 2 aliphatic rings. The standard InChI is InChI=1S/C26H25ClN2O6S/c1-33-20-11-9-18(10-12-20)14-34-25(31)22-19(8-5-13-27)16-36-24-21(23(30)29(22)24)28-26(32)35-15-17-6-3-2-4-7-17/h2-12,21,24H,13-16H2,1H3,(H,28,32)/b8-5+/t21-,24+/m1/s1. The molecule has 0 aromatic heterocycles. The monoisotopic (exact) mass is 528 g/mol. The van der Waals surface area contributed by atoms with Crippen molar-refractivity contribution in [3.8, 4) is 5.75 Å². The van der Waals surface area contributed by atoms with Gasteiger partial charge in [0.1, 0.15) is 36.1 Å². The highest BCUT2D eigenvalue weighted by molar-refractivity contribution is 8.00. The number of alkyl carbamates (subject to hydrolysis) is 1. The summed E-state index contributed by atoms with van der Waals surface area (Å²) in [4.78, 5) is 39.8. The van der Waals surface area contributed by atoms with E-state index in [0.29, 0.717) is 17.1 Å². The predicted molar refractivity (Wildman–Crippen MR) is 136 cm³/mol. The van der Waals surface area contributed by atoms with Crippen LogP contribution in [0.25, 0.3) is 0 Å². The minimum atomic E-state index is -0.804. The number of fused-ring (bicyclic) bond motifs is 1. The third-order valence-corrected chi connectivity index (χ3v) is 7.09. The molecule has 0 unspecified atom stereocenters. The average molecular weight is 529 g/mol. The molecule has 2 heterocycles. The number of hydrogen-bond donors (Lipinski definition) is 1. The molecule has 2 atom stereocenters. The molecular weight excluding hydrogens is 504 g/mol. The maximum Gasteiger partial charge on any atom is 0.408 e. The van der Waals surface area contributed by atoms with Crippen LogP contribution in [-0.4, -0.2) is 53.0 Å².